The van der Waals surface area contributed by atoms with E-state index < -0.39 is 10.5 Å². The van der Waals surface area contributed by atoms with E-state index in [4.69, 9.17) is 0 Å². The molecular formula is C10H12N2O3S. The molecule has 0 aliphatic rings. The summed E-state index contributed by atoms with van der Waals surface area (Å²) in [5.41, 5.74) is -0.564. The highest BCUT2D eigenvalue weighted by Gasteiger charge is 2.15. The Labute approximate surface area is 97.5 Å². The summed E-state index contributed by atoms with van der Waals surface area (Å²) < 4.78 is 2.95. The number of carbonyl (C=O) groups excluding carboxylic acids is 1. The van der Waals surface area contributed by atoms with Gasteiger partial charge < -0.3 is 4.79 Å². The average molecular weight is 240 g/mol. The van der Waals surface area contributed by atoms with Gasteiger partial charge in [-0.25, -0.2) is 4.72 Å². The molecule has 1 aromatic rings. The molecule has 1 N–H and O–H groups in total. The van der Waals surface area contributed by atoms with E-state index in [9.17, 15) is 14.9 Å². The molecule has 0 aromatic heterocycles. The van der Waals surface area contributed by atoms with Crippen LogP contribution in [0.15, 0.2) is 29.2 Å². The van der Waals surface area contributed by atoms with E-state index in [1.807, 2.05) is 0 Å². The first kappa shape index (κ1) is 12.7. The molecule has 0 aliphatic heterocycles. The van der Waals surface area contributed by atoms with Gasteiger partial charge in [0.2, 0.25) is 0 Å². The molecule has 0 amide bonds. The monoisotopic (exact) mass is 240 g/mol. The highest BCUT2D eigenvalue weighted by atomic mass is 32.2. The van der Waals surface area contributed by atoms with E-state index in [0.29, 0.717) is 0 Å². The molecule has 0 unspecified atom stereocenters. The van der Waals surface area contributed by atoms with Crippen molar-refractivity contribution in [3.8, 4) is 0 Å². The number of nitrogens with one attached hydrogen (secondary N) is 1. The molecule has 0 saturated heterocycles. The van der Waals surface area contributed by atoms with Crippen LogP contribution in [0, 0.1) is 10.1 Å². The minimum atomic E-state index is -0.619. The second kappa shape index (κ2) is 5.09. The lowest BCUT2D eigenvalue weighted by Crippen LogP contribution is -2.35. The van der Waals surface area contributed by atoms with Crippen molar-refractivity contribution in [2.75, 3.05) is 0 Å². The number of benzene rings is 1. The van der Waals surface area contributed by atoms with Crippen LogP contribution < -0.4 is 4.72 Å². The minimum Gasteiger partial charge on any atom is -0.301 e. The van der Waals surface area contributed by atoms with Crippen molar-refractivity contribution in [1.29, 1.82) is 0 Å². The summed E-state index contributed by atoms with van der Waals surface area (Å²) in [4.78, 5) is 21.4. The molecule has 6 heteroatoms. The number of rotatable bonds is 5. The number of hydrogen-bond donors (Lipinski definition) is 1. The molecule has 0 radical (unpaired) electrons. The quantitative estimate of drug-likeness (QED) is 0.369. The first-order valence-corrected chi connectivity index (χ1v) is 5.41. The second-order valence-corrected chi connectivity index (χ2v) is 4.67. The van der Waals surface area contributed by atoms with Crippen LogP contribution in [0.1, 0.15) is 13.8 Å². The molecule has 5 nitrogen and oxygen atoms in total. The number of non-ortho nitro benzene ring substituents is 1. The summed E-state index contributed by atoms with van der Waals surface area (Å²) in [5, 5.41) is 10.4. The highest BCUT2D eigenvalue weighted by molar-refractivity contribution is 7.97. The number of nitro groups is 1. The molecular weight excluding hydrogens is 228 g/mol. The normalized spacial score (nSPS) is 11.1. The lowest BCUT2D eigenvalue weighted by molar-refractivity contribution is -0.384. The van der Waals surface area contributed by atoms with Gasteiger partial charge in [-0.2, -0.15) is 0 Å². The average Bonchev–Trinajstić information content (AvgIpc) is 2.27. The van der Waals surface area contributed by atoms with Gasteiger partial charge in [0.05, 0.1) is 10.5 Å². The van der Waals surface area contributed by atoms with Crippen molar-refractivity contribution >= 4 is 23.9 Å². The first-order chi connectivity index (χ1) is 7.44. The molecule has 86 valence electrons. The maximum Gasteiger partial charge on any atom is 0.269 e. The molecule has 0 spiro atoms. The fraction of sp³-hybridized carbons (Fsp3) is 0.300. The zero-order valence-corrected chi connectivity index (χ0v) is 9.78. The molecule has 0 bridgehead atoms. The number of nitrogens with zero attached hydrogens (tertiary/aromatic N) is 1. The maximum absolute atomic E-state index is 10.6. The van der Waals surface area contributed by atoms with Crippen LogP contribution in [-0.4, -0.2) is 16.7 Å². The van der Waals surface area contributed by atoms with Crippen molar-refractivity contribution < 1.29 is 9.72 Å². The number of aldehydes is 1. The Kier molecular flexibility index (Phi) is 4.03. The van der Waals surface area contributed by atoms with Crippen molar-refractivity contribution in [3.63, 3.8) is 0 Å². The molecule has 1 rings (SSSR count). The highest BCUT2D eigenvalue weighted by Crippen LogP contribution is 2.20. The Morgan fingerprint density at radius 3 is 2.38 bits per heavy atom. The number of nitro benzene ring substituents is 1. The molecule has 0 saturated carbocycles. The van der Waals surface area contributed by atoms with Gasteiger partial charge in [-0.15, -0.1) is 0 Å². The van der Waals surface area contributed by atoms with Crippen LogP contribution >= 0.6 is 11.9 Å². The third-order valence-electron chi connectivity index (χ3n) is 1.77. The minimum absolute atomic E-state index is 0.0546. The summed E-state index contributed by atoms with van der Waals surface area (Å²) in [5.74, 6) is 0. The largest absolute Gasteiger partial charge is 0.301 e. The van der Waals surface area contributed by atoms with E-state index in [2.05, 4.69) is 4.72 Å². The summed E-state index contributed by atoms with van der Waals surface area (Å²) in [6.07, 6.45) is 0.811. The van der Waals surface area contributed by atoms with Crippen LogP contribution in [0.5, 0.6) is 0 Å². The standard InChI is InChI=1S/C10H12N2O3S/c1-10(2,7-13)11-16-9-5-3-8(4-6-9)12(14)15/h3-7,11H,1-2H3. The Bertz CT molecular complexity index is 390. The van der Waals surface area contributed by atoms with Gasteiger partial charge in [0.15, 0.2) is 0 Å². The van der Waals surface area contributed by atoms with Crippen molar-refractivity contribution in [1.82, 2.24) is 4.72 Å². The lowest BCUT2D eigenvalue weighted by Gasteiger charge is -2.17. The fourth-order valence-electron chi connectivity index (χ4n) is 0.850. The summed E-state index contributed by atoms with van der Waals surface area (Å²) in [6.45, 7) is 3.50. The summed E-state index contributed by atoms with van der Waals surface area (Å²) >= 11 is 1.27. The van der Waals surface area contributed by atoms with Gasteiger partial charge in [0, 0.05) is 17.0 Å². The van der Waals surface area contributed by atoms with Gasteiger partial charge in [-0.1, -0.05) is 0 Å². The van der Waals surface area contributed by atoms with E-state index in [1.54, 1.807) is 26.0 Å². The topological polar surface area (TPSA) is 72.2 Å². The van der Waals surface area contributed by atoms with Gasteiger partial charge in [-0.05, 0) is 37.9 Å². The predicted molar refractivity (Wildman–Crippen MR) is 62.2 cm³/mol. The van der Waals surface area contributed by atoms with Gasteiger partial charge >= 0.3 is 0 Å². The molecule has 0 fully saturated rings. The van der Waals surface area contributed by atoms with Crippen LogP contribution in [0.4, 0.5) is 5.69 Å². The first-order valence-electron chi connectivity index (χ1n) is 4.59. The van der Waals surface area contributed by atoms with E-state index in [1.165, 1.54) is 24.1 Å². The number of carbonyl (C=O) groups is 1. The zero-order chi connectivity index (χ0) is 12.2. The SMILES string of the molecule is CC(C)(C=O)NSc1ccc([N+](=O)[O-])cc1. The predicted octanol–water partition coefficient (Wildman–Crippen LogP) is 2.17. The molecule has 1 aromatic carbocycles. The number of hydrogen-bond acceptors (Lipinski definition) is 5. The molecule has 0 atom stereocenters. The smallest absolute Gasteiger partial charge is 0.269 e. The Hall–Kier alpha value is -1.40. The Balaban J connectivity index is 2.63. The molecule has 16 heavy (non-hydrogen) atoms. The van der Waals surface area contributed by atoms with E-state index >= 15 is 0 Å². The Morgan fingerprint density at radius 2 is 1.94 bits per heavy atom. The van der Waals surface area contributed by atoms with Gasteiger partial charge in [0.25, 0.3) is 5.69 Å². The third-order valence-corrected chi connectivity index (χ3v) is 2.91. The van der Waals surface area contributed by atoms with Crippen LogP contribution in [0.25, 0.3) is 0 Å². The van der Waals surface area contributed by atoms with Crippen LogP contribution in [0.3, 0.4) is 0 Å². The van der Waals surface area contributed by atoms with Crippen molar-refractivity contribution in [2.45, 2.75) is 24.3 Å². The Morgan fingerprint density at radius 1 is 1.38 bits per heavy atom. The summed E-state index contributed by atoms with van der Waals surface area (Å²) in [7, 11) is 0. The van der Waals surface area contributed by atoms with Crippen molar-refractivity contribution in [3.05, 3.63) is 34.4 Å². The molecule has 0 heterocycles. The second-order valence-electron chi connectivity index (χ2n) is 3.79. The van der Waals surface area contributed by atoms with Gasteiger partial charge in [-0.3, -0.25) is 10.1 Å². The summed E-state index contributed by atoms with van der Waals surface area (Å²) in [6, 6.07) is 6.13. The van der Waals surface area contributed by atoms with Gasteiger partial charge in [0.1, 0.15) is 6.29 Å². The lowest BCUT2D eigenvalue weighted by atomic mass is 10.1. The molecule has 0 aliphatic carbocycles. The van der Waals surface area contributed by atoms with E-state index in [-0.39, 0.29) is 5.69 Å². The maximum atomic E-state index is 10.6. The van der Waals surface area contributed by atoms with E-state index in [0.717, 1.165) is 11.2 Å². The third kappa shape index (κ3) is 3.63. The fourth-order valence-corrected chi connectivity index (χ4v) is 1.55. The van der Waals surface area contributed by atoms with Crippen LogP contribution in [-0.2, 0) is 4.79 Å². The van der Waals surface area contributed by atoms with Crippen molar-refractivity contribution in [2.24, 2.45) is 0 Å². The zero-order valence-electron chi connectivity index (χ0n) is 8.97. The van der Waals surface area contributed by atoms with Crippen LogP contribution in [0.2, 0.25) is 0 Å².